The van der Waals surface area contributed by atoms with Crippen LogP contribution in [0.5, 0.6) is 0 Å². The number of halogens is 2. The van der Waals surface area contributed by atoms with E-state index in [0.717, 1.165) is 31.2 Å². The summed E-state index contributed by atoms with van der Waals surface area (Å²) in [6.07, 6.45) is 5.30. The SMILES string of the molecule is O=c1c2c(ncn2Cc2ccc(Cl)c(Cl)c2)n(-c2ccccc2)c(=O)n1C1CCCC1. The van der Waals surface area contributed by atoms with Crippen LogP contribution in [0.3, 0.4) is 0 Å². The van der Waals surface area contributed by atoms with Crippen molar-refractivity contribution in [2.75, 3.05) is 0 Å². The minimum atomic E-state index is -0.338. The van der Waals surface area contributed by atoms with Crippen LogP contribution in [0.2, 0.25) is 10.0 Å². The van der Waals surface area contributed by atoms with Gasteiger partial charge in [-0.25, -0.2) is 14.3 Å². The molecule has 0 bridgehead atoms. The Morgan fingerprint density at radius 3 is 2.42 bits per heavy atom. The molecule has 2 aromatic heterocycles. The fraction of sp³-hybridized carbons (Fsp3) is 0.261. The number of imidazole rings is 1. The van der Waals surface area contributed by atoms with Gasteiger partial charge in [-0.1, -0.05) is 60.3 Å². The molecule has 31 heavy (non-hydrogen) atoms. The normalized spacial score (nSPS) is 14.5. The summed E-state index contributed by atoms with van der Waals surface area (Å²) in [5, 5.41) is 0.926. The predicted octanol–water partition coefficient (Wildman–Crippen LogP) is 4.82. The summed E-state index contributed by atoms with van der Waals surface area (Å²) in [4.78, 5) is 31.5. The van der Waals surface area contributed by atoms with Gasteiger partial charge in [-0.05, 0) is 42.7 Å². The van der Waals surface area contributed by atoms with Crippen LogP contribution in [-0.2, 0) is 6.54 Å². The van der Waals surface area contributed by atoms with Gasteiger partial charge in [0.2, 0.25) is 0 Å². The molecular weight excluding hydrogens is 435 g/mol. The quantitative estimate of drug-likeness (QED) is 0.443. The van der Waals surface area contributed by atoms with Gasteiger partial charge >= 0.3 is 5.69 Å². The number of nitrogens with zero attached hydrogens (tertiary/aromatic N) is 4. The largest absolute Gasteiger partial charge is 0.337 e. The van der Waals surface area contributed by atoms with Crippen LogP contribution in [0.15, 0.2) is 64.4 Å². The van der Waals surface area contributed by atoms with Crippen molar-refractivity contribution in [2.24, 2.45) is 0 Å². The molecule has 2 heterocycles. The summed E-state index contributed by atoms with van der Waals surface area (Å²) in [7, 11) is 0. The van der Waals surface area contributed by atoms with Gasteiger partial charge in [0, 0.05) is 12.6 Å². The monoisotopic (exact) mass is 454 g/mol. The highest BCUT2D eigenvalue weighted by atomic mass is 35.5. The third-order valence-electron chi connectivity index (χ3n) is 5.89. The standard InChI is InChI=1S/C23H20Cl2N4O2/c24-18-11-10-15(12-19(18)25)13-27-14-26-21-20(27)22(30)29(17-8-4-5-9-17)23(31)28(21)16-6-2-1-3-7-16/h1-3,6-7,10-12,14,17H,4-5,8-9,13H2. The Kier molecular flexibility index (Phi) is 5.20. The van der Waals surface area contributed by atoms with Crippen LogP contribution in [0.1, 0.15) is 37.3 Å². The Balaban J connectivity index is 1.76. The second kappa shape index (κ2) is 8.02. The van der Waals surface area contributed by atoms with Gasteiger partial charge in [0.25, 0.3) is 5.56 Å². The van der Waals surface area contributed by atoms with Crippen molar-refractivity contribution < 1.29 is 0 Å². The van der Waals surface area contributed by atoms with E-state index in [1.165, 1.54) is 4.57 Å². The van der Waals surface area contributed by atoms with Gasteiger partial charge in [0.1, 0.15) is 0 Å². The minimum Gasteiger partial charge on any atom is -0.320 e. The lowest BCUT2D eigenvalue weighted by molar-refractivity contribution is 0.474. The summed E-state index contributed by atoms with van der Waals surface area (Å²) in [6, 6.07) is 14.6. The van der Waals surface area contributed by atoms with E-state index < -0.39 is 0 Å². The average molecular weight is 455 g/mol. The van der Waals surface area contributed by atoms with Crippen molar-refractivity contribution in [2.45, 2.75) is 38.3 Å². The minimum absolute atomic E-state index is 0.0901. The van der Waals surface area contributed by atoms with Crippen molar-refractivity contribution >= 4 is 34.4 Å². The van der Waals surface area contributed by atoms with Gasteiger partial charge in [0.15, 0.2) is 11.2 Å². The number of rotatable bonds is 4. The lowest BCUT2D eigenvalue weighted by Gasteiger charge is -2.17. The Bertz CT molecular complexity index is 1380. The zero-order valence-corrected chi connectivity index (χ0v) is 18.2. The second-order valence-corrected chi connectivity index (χ2v) is 8.67. The molecule has 0 N–H and O–H groups in total. The van der Waals surface area contributed by atoms with Gasteiger partial charge in [0.05, 0.1) is 22.1 Å². The number of hydrogen-bond acceptors (Lipinski definition) is 3. The molecule has 0 amide bonds. The molecular formula is C23H20Cl2N4O2. The number of para-hydroxylation sites is 1. The van der Waals surface area contributed by atoms with Crippen LogP contribution >= 0.6 is 23.2 Å². The van der Waals surface area contributed by atoms with E-state index in [4.69, 9.17) is 23.2 Å². The van der Waals surface area contributed by atoms with Crippen molar-refractivity contribution in [1.82, 2.24) is 18.7 Å². The molecule has 158 valence electrons. The number of benzene rings is 2. The van der Waals surface area contributed by atoms with Crippen molar-refractivity contribution in [3.05, 3.63) is 91.3 Å². The van der Waals surface area contributed by atoms with E-state index in [0.29, 0.717) is 33.4 Å². The molecule has 0 radical (unpaired) electrons. The number of aromatic nitrogens is 4. The van der Waals surface area contributed by atoms with Crippen molar-refractivity contribution in [3.63, 3.8) is 0 Å². The van der Waals surface area contributed by atoms with E-state index in [9.17, 15) is 9.59 Å². The molecule has 1 aliphatic rings. The Hall–Kier alpha value is -2.83. The Labute approximate surface area is 188 Å². The lowest BCUT2D eigenvalue weighted by atomic mass is 10.2. The van der Waals surface area contributed by atoms with Crippen LogP contribution in [0.4, 0.5) is 0 Å². The Morgan fingerprint density at radius 1 is 0.968 bits per heavy atom. The molecule has 0 spiro atoms. The summed E-state index contributed by atoms with van der Waals surface area (Å²) in [5.74, 6) is 0. The molecule has 6 nitrogen and oxygen atoms in total. The third-order valence-corrected chi connectivity index (χ3v) is 6.63. The molecule has 1 aliphatic carbocycles. The maximum Gasteiger partial charge on any atom is 0.337 e. The van der Waals surface area contributed by atoms with E-state index in [-0.39, 0.29) is 17.3 Å². The van der Waals surface area contributed by atoms with Crippen LogP contribution < -0.4 is 11.2 Å². The van der Waals surface area contributed by atoms with Gasteiger partial charge in [-0.15, -0.1) is 0 Å². The van der Waals surface area contributed by atoms with E-state index in [1.54, 1.807) is 27.6 Å². The molecule has 4 aromatic rings. The second-order valence-electron chi connectivity index (χ2n) is 7.86. The summed E-state index contributed by atoms with van der Waals surface area (Å²) in [6.45, 7) is 0.389. The summed E-state index contributed by atoms with van der Waals surface area (Å²) >= 11 is 12.2. The first-order valence-corrected chi connectivity index (χ1v) is 11.0. The maximum atomic E-state index is 13.6. The topological polar surface area (TPSA) is 61.8 Å². The fourth-order valence-electron chi connectivity index (χ4n) is 4.40. The lowest BCUT2D eigenvalue weighted by Crippen LogP contribution is -2.41. The van der Waals surface area contributed by atoms with Crippen molar-refractivity contribution in [1.29, 1.82) is 0 Å². The van der Waals surface area contributed by atoms with Crippen molar-refractivity contribution in [3.8, 4) is 5.69 Å². The first kappa shape index (κ1) is 20.1. The first-order chi connectivity index (χ1) is 15.0. The average Bonchev–Trinajstić information content (AvgIpc) is 3.43. The highest BCUT2D eigenvalue weighted by Crippen LogP contribution is 2.28. The molecule has 1 saturated carbocycles. The van der Waals surface area contributed by atoms with Crippen LogP contribution in [-0.4, -0.2) is 18.7 Å². The zero-order chi connectivity index (χ0) is 21.5. The molecule has 1 fully saturated rings. The highest BCUT2D eigenvalue weighted by molar-refractivity contribution is 6.42. The fourth-order valence-corrected chi connectivity index (χ4v) is 4.72. The Morgan fingerprint density at radius 2 is 1.71 bits per heavy atom. The molecule has 0 atom stereocenters. The predicted molar refractivity (Wildman–Crippen MR) is 123 cm³/mol. The molecule has 0 aliphatic heterocycles. The third kappa shape index (κ3) is 3.50. The molecule has 8 heteroatoms. The smallest absolute Gasteiger partial charge is 0.320 e. The van der Waals surface area contributed by atoms with Crippen LogP contribution in [0, 0.1) is 0 Å². The molecule has 0 unspecified atom stereocenters. The van der Waals surface area contributed by atoms with E-state index in [2.05, 4.69) is 4.98 Å². The number of fused-ring (bicyclic) bond motifs is 1. The van der Waals surface area contributed by atoms with Gasteiger partial charge < -0.3 is 4.57 Å². The summed E-state index contributed by atoms with van der Waals surface area (Å²) in [5.41, 5.74) is 1.70. The highest BCUT2D eigenvalue weighted by Gasteiger charge is 2.26. The molecule has 5 rings (SSSR count). The first-order valence-electron chi connectivity index (χ1n) is 10.3. The van der Waals surface area contributed by atoms with Gasteiger partial charge in [-0.2, -0.15) is 0 Å². The van der Waals surface area contributed by atoms with Crippen LogP contribution in [0.25, 0.3) is 16.9 Å². The number of hydrogen-bond donors (Lipinski definition) is 0. The van der Waals surface area contributed by atoms with E-state index in [1.807, 2.05) is 36.4 Å². The zero-order valence-electron chi connectivity index (χ0n) is 16.7. The molecule has 0 saturated heterocycles. The maximum absolute atomic E-state index is 13.6. The van der Waals surface area contributed by atoms with Gasteiger partial charge in [-0.3, -0.25) is 9.36 Å². The summed E-state index contributed by atoms with van der Waals surface area (Å²) < 4.78 is 4.75. The van der Waals surface area contributed by atoms with E-state index >= 15 is 0 Å². The molecule has 2 aromatic carbocycles.